The Morgan fingerprint density at radius 1 is 1.09 bits per heavy atom. The van der Waals surface area contributed by atoms with Crippen molar-refractivity contribution in [3.8, 4) is 0 Å². The van der Waals surface area contributed by atoms with Gasteiger partial charge in [-0.25, -0.2) is 0 Å². The Hall–Kier alpha value is -0.300. The maximum absolute atomic E-state index is 4.04. The van der Waals surface area contributed by atoms with Crippen LogP contribution in [0.25, 0.3) is 0 Å². The summed E-state index contributed by atoms with van der Waals surface area (Å²) in [5.74, 6) is 0.580. The fourth-order valence-corrected chi connectivity index (χ4v) is 1.11. The minimum absolute atomic E-state index is 0.440. The van der Waals surface area contributed by atoms with Crippen molar-refractivity contribution >= 4 is 0 Å². The van der Waals surface area contributed by atoms with Gasteiger partial charge in [-0.2, -0.15) is 0 Å². The first-order valence-corrected chi connectivity index (χ1v) is 4.40. The average molecular weight is 155 g/mol. The van der Waals surface area contributed by atoms with Crippen LogP contribution in [0.5, 0.6) is 0 Å². The van der Waals surface area contributed by atoms with E-state index in [0.717, 1.165) is 0 Å². The van der Waals surface area contributed by atoms with Crippen molar-refractivity contribution in [3.05, 3.63) is 12.2 Å². The summed E-state index contributed by atoms with van der Waals surface area (Å²) in [6.45, 7) is 14.9. The first-order chi connectivity index (χ1) is 4.95. The molecule has 1 nitrogen and oxygen atoms in total. The molecule has 1 heteroatoms. The van der Waals surface area contributed by atoms with Crippen LogP contribution < -0.4 is 5.32 Å². The van der Waals surface area contributed by atoms with Gasteiger partial charge < -0.3 is 5.32 Å². The molecule has 1 atom stereocenters. The van der Waals surface area contributed by atoms with Crippen molar-refractivity contribution in [3.63, 3.8) is 0 Å². The molecular weight excluding hydrogens is 134 g/mol. The van der Waals surface area contributed by atoms with Gasteiger partial charge >= 0.3 is 0 Å². The van der Waals surface area contributed by atoms with E-state index in [4.69, 9.17) is 0 Å². The lowest BCUT2D eigenvalue weighted by Gasteiger charge is -2.21. The van der Waals surface area contributed by atoms with Crippen LogP contribution in [0.1, 0.15) is 34.6 Å². The Labute approximate surface area is 70.9 Å². The summed E-state index contributed by atoms with van der Waals surface area (Å²) in [7, 11) is 0. The first kappa shape index (κ1) is 10.7. The first-order valence-electron chi connectivity index (χ1n) is 4.40. The number of hydrogen-bond donors (Lipinski definition) is 1. The molecule has 66 valence electrons. The van der Waals surface area contributed by atoms with E-state index in [1.165, 1.54) is 5.57 Å². The Kier molecular flexibility index (Phi) is 4.43. The van der Waals surface area contributed by atoms with E-state index in [2.05, 4.69) is 46.5 Å². The SMILES string of the molecule is C=C(C(C)C)C(C)NC(C)C. The molecule has 0 saturated carbocycles. The van der Waals surface area contributed by atoms with E-state index < -0.39 is 0 Å². The second-order valence-corrected chi connectivity index (χ2v) is 3.77. The highest BCUT2D eigenvalue weighted by molar-refractivity contribution is 5.06. The Balaban J connectivity index is 3.83. The Morgan fingerprint density at radius 3 is 1.82 bits per heavy atom. The van der Waals surface area contributed by atoms with Crippen LogP contribution in [0.15, 0.2) is 12.2 Å². The molecule has 0 fully saturated rings. The summed E-state index contributed by atoms with van der Waals surface area (Å²) in [4.78, 5) is 0. The van der Waals surface area contributed by atoms with Gasteiger partial charge in [0.15, 0.2) is 0 Å². The lowest BCUT2D eigenvalue weighted by Crippen LogP contribution is -2.34. The molecule has 0 aromatic heterocycles. The lowest BCUT2D eigenvalue weighted by molar-refractivity contribution is 0.503. The molecule has 0 amide bonds. The number of nitrogens with one attached hydrogen (secondary N) is 1. The summed E-state index contributed by atoms with van der Waals surface area (Å²) in [6, 6.07) is 0.982. The molecule has 1 unspecified atom stereocenters. The van der Waals surface area contributed by atoms with Gasteiger partial charge in [-0.15, -0.1) is 0 Å². The second kappa shape index (κ2) is 4.55. The molecule has 0 aliphatic rings. The molecule has 1 N–H and O–H groups in total. The summed E-state index contributed by atoms with van der Waals surface area (Å²) in [6.07, 6.45) is 0. The quantitative estimate of drug-likeness (QED) is 0.615. The summed E-state index contributed by atoms with van der Waals surface area (Å²) < 4.78 is 0. The summed E-state index contributed by atoms with van der Waals surface area (Å²) >= 11 is 0. The smallest absolute Gasteiger partial charge is 0.0253 e. The zero-order chi connectivity index (χ0) is 9.02. The monoisotopic (exact) mass is 155 g/mol. The third-order valence-electron chi connectivity index (χ3n) is 1.88. The summed E-state index contributed by atoms with van der Waals surface area (Å²) in [5.41, 5.74) is 1.29. The lowest BCUT2D eigenvalue weighted by atomic mass is 9.98. The topological polar surface area (TPSA) is 12.0 Å². The van der Waals surface area contributed by atoms with E-state index in [0.29, 0.717) is 18.0 Å². The van der Waals surface area contributed by atoms with E-state index in [9.17, 15) is 0 Å². The van der Waals surface area contributed by atoms with Crippen LogP contribution in [0.2, 0.25) is 0 Å². The van der Waals surface area contributed by atoms with Crippen molar-refractivity contribution in [1.29, 1.82) is 0 Å². The third kappa shape index (κ3) is 4.20. The zero-order valence-electron chi connectivity index (χ0n) is 8.44. The highest BCUT2D eigenvalue weighted by Crippen LogP contribution is 2.11. The Bertz CT molecular complexity index is 125. The van der Waals surface area contributed by atoms with Crippen LogP contribution in [-0.2, 0) is 0 Å². The maximum atomic E-state index is 4.04. The van der Waals surface area contributed by atoms with Crippen molar-refractivity contribution in [2.45, 2.75) is 46.7 Å². The van der Waals surface area contributed by atoms with Gasteiger partial charge in [-0.3, -0.25) is 0 Å². The van der Waals surface area contributed by atoms with Crippen molar-refractivity contribution in [2.75, 3.05) is 0 Å². The molecule has 0 aromatic rings. The van der Waals surface area contributed by atoms with Crippen molar-refractivity contribution in [2.24, 2.45) is 5.92 Å². The number of rotatable bonds is 4. The van der Waals surface area contributed by atoms with E-state index in [-0.39, 0.29) is 0 Å². The van der Waals surface area contributed by atoms with E-state index in [1.807, 2.05) is 0 Å². The molecule has 0 saturated heterocycles. The molecule has 0 aromatic carbocycles. The molecular formula is C10H21N. The van der Waals surface area contributed by atoms with Crippen LogP contribution >= 0.6 is 0 Å². The van der Waals surface area contributed by atoms with Crippen LogP contribution in [0.4, 0.5) is 0 Å². The average Bonchev–Trinajstić information content (AvgIpc) is 1.84. The van der Waals surface area contributed by atoms with Crippen LogP contribution in [0, 0.1) is 5.92 Å². The molecule has 0 spiro atoms. The molecule has 0 heterocycles. The molecule has 0 aliphatic heterocycles. The maximum Gasteiger partial charge on any atom is 0.0253 e. The van der Waals surface area contributed by atoms with Crippen LogP contribution in [-0.4, -0.2) is 12.1 Å². The minimum atomic E-state index is 0.440. The normalized spacial score (nSPS) is 14.1. The van der Waals surface area contributed by atoms with Crippen LogP contribution in [0.3, 0.4) is 0 Å². The minimum Gasteiger partial charge on any atom is -0.308 e. The van der Waals surface area contributed by atoms with Gasteiger partial charge in [0.1, 0.15) is 0 Å². The second-order valence-electron chi connectivity index (χ2n) is 3.77. The predicted molar refractivity (Wildman–Crippen MR) is 51.7 cm³/mol. The highest BCUT2D eigenvalue weighted by Gasteiger charge is 2.09. The predicted octanol–water partition coefficient (Wildman–Crippen LogP) is 2.59. The van der Waals surface area contributed by atoms with Crippen molar-refractivity contribution < 1.29 is 0 Å². The molecule has 0 bridgehead atoms. The fraction of sp³-hybridized carbons (Fsp3) is 0.800. The van der Waals surface area contributed by atoms with Gasteiger partial charge in [0.25, 0.3) is 0 Å². The Morgan fingerprint density at radius 2 is 1.55 bits per heavy atom. The largest absolute Gasteiger partial charge is 0.308 e. The van der Waals surface area contributed by atoms with Gasteiger partial charge in [0, 0.05) is 12.1 Å². The van der Waals surface area contributed by atoms with Gasteiger partial charge in [0.05, 0.1) is 0 Å². The van der Waals surface area contributed by atoms with Crippen molar-refractivity contribution in [1.82, 2.24) is 5.32 Å². The molecule has 0 radical (unpaired) electrons. The highest BCUT2D eigenvalue weighted by atomic mass is 14.9. The van der Waals surface area contributed by atoms with Gasteiger partial charge in [0.2, 0.25) is 0 Å². The molecule has 0 aliphatic carbocycles. The molecule has 11 heavy (non-hydrogen) atoms. The molecule has 0 rings (SSSR count). The van der Waals surface area contributed by atoms with Gasteiger partial charge in [-0.1, -0.05) is 39.8 Å². The van der Waals surface area contributed by atoms with E-state index >= 15 is 0 Å². The standard InChI is InChI=1S/C10H21N/c1-7(2)9(5)10(6)11-8(3)4/h7-8,10-11H,5H2,1-4,6H3. The fourth-order valence-electron chi connectivity index (χ4n) is 1.11. The van der Waals surface area contributed by atoms with E-state index in [1.54, 1.807) is 0 Å². The number of hydrogen-bond acceptors (Lipinski definition) is 1. The third-order valence-corrected chi connectivity index (χ3v) is 1.88. The zero-order valence-corrected chi connectivity index (χ0v) is 8.44. The van der Waals surface area contributed by atoms with Gasteiger partial charge in [-0.05, 0) is 12.8 Å². The summed E-state index contributed by atoms with van der Waals surface area (Å²) in [5, 5.41) is 3.42.